The Morgan fingerprint density at radius 2 is 1.66 bits per heavy atom. The fraction of sp³-hybridized carbons (Fsp3) is 0.206. The molecule has 7 nitrogen and oxygen atoms in total. The second-order valence-corrected chi connectivity index (χ2v) is 10.3. The van der Waals surface area contributed by atoms with E-state index in [1.54, 1.807) is 37.7 Å². The third-order valence-corrected chi connectivity index (χ3v) is 7.25. The molecule has 1 saturated heterocycles. The van der Waals surface area contributed by atoms with E-state index in [0.29, 0.717) is 28.4 Å². The molecule has 1 aliphatic rings. The first-order valence-electron chi connectivity index (χ1n) is 13.5. The minimum Gasteiger partial charge on any atom is -0.507 e. The average Bonchev–Trinajstić information content (AvgIpc) is 3.22. The van der Waals surface area contributed by atoms with Crippen molar-refractivity contribution in [3.8, 4) is 17.2 Å². The summed E-state index contributed by atoms with van der Waals surface area (Å²) in [4.78, 5) is 32.8. The monoisotopic (exact) mass is 548 g/mol. The van der Waals surface area contributed by atoms with E-state index in [2.05, 4.69) is 4.98 Å². The highest BCUT2D eigenvalue weighted by Crippen LogP contribution is 2.43. The van der Waals surface area contributed by atoms with Crippen molar-refractivity contribution >= 4 is 17.4 Å². The number of rotatable bonds is 8. The number of pyridine rings is 1. The number of methoxy groups -OCH3 is 1. The number of hydrogen-bond donors (Lipinski definition) is 1. The maximum atomic E-state index is 13.7. The van der Waals surface area contributed by atoms with Crippen LogP contribution in [0.5, 0.6) is 17.2 Å². The van der Waals surface area contributed by atoms with E-state index >= 15 is 0 Å². The van der Waals surface area contributed by atoms with Crippen LogP contribution in [-0.2, 0) is 16.1 Å². The van der Waals surface area contributed by atoms with Crippen LogP contribution in [0.1, 0.15) is 53.6 Å². The summed E-state index contributed by atoms with van der Waals surface area (Å²) in [6.45, 7) is 6.07. The number of ether oxygens (including phenoxy) is 2. The maximum Gasteiger partial charge on any atom is 0.295 e. The summed E-state index contributed by atoms with van der Waals surface area (Å²) < 4.78 is 11.6. The number of aliphatic hydroxyl groups excluding tert-OH is 1. The van der Waals surface area contributed by atoms with Gasteiger partial charge in [-0.05, 0) is 83.6 Å². The summed E-state index contributed by atoms with van der Waals surface area (Å²) in [5.74, 6) is 0.372. The summed E-state index contributed by atoms with van der Waals surface area (Å²) in [5, 5.41) is 11.8. The van der Waals surface area contributed by atoms with Crippen molar-refractivity contribution in [1.82, 2.24) is 9.88 Å². The van der Waals surface area contributed by atoms with Crippen LogP contribution in [0, 0.1) is 6.92 Å². The van der Waals surface area contributed by atoms with E-state index in [9.17, 15) is 14.7 Å². The highest BCUT2D eigenvalue weighted by molar-refractivity contribution is 6.46. The molecule has 2 heterocycles. The Hall–Kier alpha value is -4.91. The van der Waals surface area contributed by atoms with Crippen LogP contribution < -0.4 is 9.47 Å². The molecule has 7 heteroatoms. The third kappa shape index (κ3) is 5.57. The van der Waals surface area contributed by atoms with Crippen LogP contribution in [-0.4, -0.2) is 33.8 Å². The van der Waals surface area contributed by atoms with Gasteiger partial charge in [-0.15, -0.1) is 0 Å². The van der Waals surface area contributed by atoms with Gasteiger partial charge < -0.3 is 19.5 Å². The number of aliphatic hydroxyl groups is 1. The van der Waals surface area contributed by atoms with Gasteiger partial charge in [0.1, 0.15) is 23.0 Å². The van der Waals surface area contributed by atoms with Gasteiger partial charge in [-0.2, -0.15) is 0 Å². The highest BCUT2D eigenvalue weighted by atomic mass is 16.5. The lowest BCUT2D eigenvalue weighted by molar-refractivity contribution is -0.140. The van der Waals surface area contributed by atoms with Gasteiger partial charge in [0.25, 0.3) is 11.7 Å². The number of aromatic nitrogens is 1. The zero-order chi connectivity index (χ0) is 29.1. The summed E-state index contributed by atoms with van der Waals surface area (Å²) in [6.07, 6.45) is 3.28. The lowest BCUT2D eigenvalue weighted by Crippen LogP contribution is -2.29. The molecule has 1 atom stereocenters. The number of Topliss-reactive ketones (excluding diaryl/α,β-unsaturated/α-hetero) is 1. The quantitative estimate of drug-likeness (QED) is 0.146. The largest absolute Gasteiger partial charge is 0.507 e. The molecule has 1 fully saturated rings. The normalized spacial score (nSPS) is 16.3. The Bertz CT molecular complexity index is 1610. The van der Waals surface area contributed by atoms with E-state index in [4.69, 9.17) is 9.47 Å². The van der Waals surface area contributed by atoms with Gasteiger partial charge in [0, 0.05) is 24.5 Å². The number of aryl methyl sites for hydroxylation is 1. The molecule has 41 heavy (non-hydrogen) atoms. The average molecular weight is 549 g/mol. The molecule has 1 N–H and O–H groups in total. The van der Waals surface area contributed by atoms with Gasteiger partial charge in [0.15, 0.2) is 0 Å². The third-order valence-electron chi connectivity index (χ3n) is 7.25. The molecule has 0 radical (unpaired) electrons. The van der Waals surface area contributed by atoms with E-state index in [0.717, 1.165) is 16.7 Å². The van der Waals surface area contributed by atoms with Crippen LogP contribution in [0.15, 0.2) is 96.8 Å². The Kier molecular flexibility index (Phi) is 7.88. The fourth-order valence-electron chi connectivity index (χ4n) is 5.17. The van der Waals surface area contributed by atoms with Gasteiger partial charge in [-0.1, -0.05) is 44.2 Å². The van der Waals surface area contributed by atoms with Crippen molar-refractivity contribution in [2.24, 2.45) is 0 Å². The predicted octanol–water partition coefficient (Wildman–Crippen LogP) is 6.94. The van der Waals surface area contributed by atoms with Crippen molar-refractivity contribution in [3.63, 3.8) is 0 Å². The first-order chi connectivity index (χ1) is 19.8. The van der Waals surface area contributed by atoms with Crippen LogP contribution in [0.3, 0.4) is 0 Å². The Morgan fingerprint density at radius 3 is 2.34 bits per heavy atom. The van der Waals surface area contributed by atoms with Gasteiger partial charge >= 0.3 is 0 Å². The van der Waals surface area contributed by atoms with Crippen LogP contribution in [0.2, 0.25) is 0 Å². The van der Waals surface area contributed by atoms with E-state index < -0.39 is 17.7 Å². The van der Waals surface area contributed by atoms with Gasteiger partial charge in [-0.3, -0.25) is 14.6 Å². The molecule has 1 amide bonds. The molecule has 0 saturated carbocycles. The van der Waals surface area contributed by atoms with Crippen LogP contribution in [0.4, 0.5) is 0 Å². The fourth-order valence-corrected chi connectivity index (χ4v) is 5.17. The molecular formula is C34H32N2O5. The van der Waals surface area contributed by atoms with Crippen LogP contribution in [0.25, 0.3) is 5.76 Å². The molecule has 0 spiro atoms. The summed E-state index contributed by atoms with van der Waals surface area (Å²) in [5.41, 5.74) is 3.58. The zero-order valence-corrected chi connectivity index (χ0v) is 23.5. The van der Waals surface area contributed by atoms with Crippen LogP contribution >= 0.6 is 0 Å². The maximum absolute atomic E-state index is 13.7. The van der Waals surface area contributed by atoms with E-state index in [1.165, 1.54) is 4.90 Å². The molecule has 0 aliphatic carbocycles. The Labute approximate surface area is 239 Å². The molecule has 1 aromatic heterocycles. The zero-order valence-electron chi connectivity index (χ0n) is 23.5. The number of nitrogens with zero attached hydrogens (tertiary/aromatic N) is 2. The lowest BCUT2D eigenvalue weighted by Gasteiger charge is -2.26. The molecule has 1 aliphatic heterocycles. The second kappa shape index (κ2) is 11.7. The first-order valence-corrected chi connectivity index (χ1v) is 13.5. The topological polar surface area (TPSA) is 89.0 Å². The van der Waals surface area contributed by atoms with Crippen molar-refractivity contribution in [2.75, 3.05) is 7.11 Å². The second-order valence-electron chi connectivity index (χ2n) is 10.3. The molecule has 0 bridgehead atoms. The first kappa shape index (κ1) is 27.6. The number of carbonyl (C=O) groups is 2. The highest BCUT2D eigenvalue weighted by Gasteiger charge is 2.46. The van der Waals surface area contributed by atoms with Gasteiger partial charge in [0.2, 0.25) is 0 Å². The van der Waals surface area contributed by atoms with Crippen molar-refractivity contribution < 1.29 is 24.2 Å². The number of benzene rings is 3. The van der Waals surface area contributed by atoms with Crippen molar-refractivity contribution in [3.05, 3.63) is 125 Å². The molecule has 3 aromatic carbocycles. The minimum absolute atomic E-state index is 0.0314. The number of hydrogen-bond acceptors (Lipinski definition) is 6. The standard InChI is InChI=1S/C34H32N2O5/c1-21(2)27-19-28(22(3)17-29(27)40-4)32(37)30-31(36(34(39)33(30)38)20-23-13-15-35-16-14-23)24-9-8-12-26(18-24)41-25-10-6-5-7-11-25/h5-19,21,31,37H,20H2,1-4H3/b32-30+. The SMILES string of the molecule is COc1cc(C)c(/C(O)=C2\C(=O)C(=O)N(Cc3ccncc3)C2c2cccc(Oc3ccccc3)c2)cc1C(C)C. The Morgan fingerprint density at radius 1 is 0.951 bits per heavy atom. The molecule has 4 aromatic rings. The lowest BCUT2D eigenvalue weighted by atomic mass is 9.91. The summed E-state index contributed by atoms with van der Waals surface area (Å²) in [7, 11) is 1.61. The van der Waals surface area contributed by atoms with Gasteiger partial charge in [-0.25, -0.2) is 0 Å². The van der Waals surface area contributed by atoms with E-state index in [-0.39, 0.29) is 23.8 Å². The number of ketones is 1. The number of amides is 1. The molecular weight excluding hydrogens is 516 g/mol. The smallest absolute Gasteiger partial charge is 0.295 e. The number of likely N-dealkylation sites (tertiary alicyclic amines) is 1. The number of carbonyl (C=O) groups excluding carboxylic acids is 2. The molecule has 208 valence electrons. The van der Waals surface area contributed by atoms with E-state index in [1.807, 2.05) is 81.4 Å². The summed E-state index contributed by atoms with van der Waals surface area (Å²) in [6, 6.07) is 23.1. The Balaban J connectivity index is 1.67. The molecule has 5 rings (SSSR count). The minimum atomic E-state index is -0.841. The summed E-state index contributed by atoms with van der Waals surface area (Å²) >= 11 is 0. The number of para-hydroxylation sites is 1. The predicted molar refractivity (Wildman–Crippen MR) is 157 cm³/mol. The van der Waals surface area contributed by atoms with Gasteiger partial charge in [0.05, 0.1) is 18.7 Å². The van der Waals surface area contributed by atoms with Crippen molar-refractivity contribution in [2.45, 2.75) is 39.3 Å². The molecule has 1 unspecified atom stereocenters. The van der Waals surface area contributed by atoms with Crippen molar-refractivity contribution in [1.29, 1.82) is 0 Å².